The fourth-order valence-corrected chi connectivity index (χ4v) is 1.30. The largest absolute Gasteiger partial charge is 0.470 e. The van der Waals surface area contributed by atoms with Crippen LogP contribution in [0.25, 0.3) is 0 Å². The van der Waals surface area contributed by atoms with Crippen LogP contribution in [0.4, 0.5) is 11.5 Å². The molecule has 0 radical (unpaired) electrons. The number of rotatable bonds is 6. The molecule has 106 valence electrons. The summed E-state index contributed by atoms with van der Waals surface area (Å²) < 4.78 is 10.8. The van der Waals surface area contributed by atoms with E-state index in [1.165, 1.54) is 12.1 Å². The van der Waals surface area contributed by atoms with Gasteiger partial charge in [-0.3, -0.25) is 10.1 Å². The molecule has 1 rings (SSSR count). The molecule has 19 heavy (non-hydrogen) atoms. The summed E-state index contributed by atoms with van der Waals surface area (Å²) in [7, 11) is 1.68. The van der Waals surface area contributed by atoms with Crippen molar-refractivity contribution in [1.82, 2.24) is 4.98 Å². The first-order chi connectivity index (χ1) is 8.83. The van der Waals surface area contributed by atoms with Gasteiger partial charge in [-0.2, -0.15) is 4.98 Å². The number of nitro groups is 1. The first kappa shape index (κ1) is 15.2. The molecule has 0 fully saturated rings. The molecule has 1 N–H and O–H groups in total. The number of ether oxygens (including phenoxy) is 2. The SMILES string of the molecule is CNc1ccc([N+](=O)[O-])c(OCCOC(C)(C)C)n1. The standard InChI is InChI=1S/C12H19N3O4/c1-12(2,3)19-8-7-18-11-9(15(16)17)5-6-10(13-4)14-11/h5-6H,7-8H2,1-4H3,(H,13,14). The molecule has 0 atom stereocenters. The van der Waals surface area contributed by atoms with Gasteiger partial charge in [0.1, 0.15) is 12.4 Å². The molecular formula is C12H19N3O4. The Hall–Kier alpha value is -1.89. The first-order valence-corrected chi connectivity index (χ1v) is 5.93. The number of aromatic nitrogens is 1. The molecule has 0 bridgehead atoms. The van der Waals surface area contributed by atoms with Crippen LogP contribution >= 0.6 is 0 Å². The summed E-state index contributed by atoms with van der Waals surface area (Å²) >= 11 is 0. The lowest BCUT2D eigenvalue weighted by Crippen LogP contribution is -2.22. The average Bonchev–Trinajstić information content (AvgIpc) is 2.33. The molecule has 0 aliphatic carbocycles. The Labute approximate surface area is 112 Å². The van der Waals surface area contributed by atoms with E-state index in [-0.39, 0.29) is 23.8 Å². The molecule has 0 aliphatic rings. The molecule has 7 nitrogen and oxygen atoms in total. The van der Waals surface area contributed by atoms with Gasteiger partial charge in [-0.05, 0) is 26.8 Å². The van der Waals surface area contributed by atoms with Gasteiger partial charge < -0.3 is 14.8 Å². The molecule has 0 unspecified atom stereocenters. The number of hydrogen-bond donors (Lipinski definition) is 1. The van der Waals surface area contributed by atoms with Crippen LogP contribution in [0.15, 0.2) is 12.1 Å². The fraction of sp³-hybridized carbons (Fsp3) is 0.583. The third-order valence-corrected chi connectivity index (χ3v) is 2.15. The van der Waals surface area contributed by atoms with E-state index in [4.69, 9.17) is 9.47 Å². The summed E-state index contributed by atoms with van der Waals surface area (Å²) in [5.74, 6) is 0.506. The molecule has 0 saturated carbocycles. The zero-order valence-corrected chi connectivity index (χ0v) is 11.6. The van der Waals surface area contributed by atoms with Crippen molar-refractivity contribution in [3.8, 4) is 5.88 Å². The van der Waals surface area contributed by atoms with E-state index < -0.39 is 4.92 Å². The summed E-state index contributed by atoms with van der Waals surface area (Å²) in [6, 6.07) is 2.88. The Bertz CT molecular complexity index is 443. The van der Waals surface area contributed by atoms with Gasteiger partial charge in [0.2, 0.25) is 0 Å². The van der Waals surface area contributed by atoms with Gasteiger partial charge in [0, 0.05) is 13.1 Å². The Kier molecular flexibility index (Phi) is 5.05. The van der Waals surface area contributed by atoms with E-state index in [2.05, 4.69) is 10.3 Å². The summed E-state index contributed by atoms with van der Waals surface area (Å²) in [4.78, 5) is 14.3. The summed E-state index contributed by atoms with van der Waals surface area (Å²) in [5, 5.41) is 13.7. The number of nitrogens with one attached hydrogen (secondary N) is 1. The molecule has 1 aromatic heterocycles. The number of nitrogens with zero attached hydrogens (tertiary/aromatic N) is 2. The molecule has 1 aromatic rings. The van der Waals surface area contributed by atoms with Gasteiger partial charge in [-0.1, -0.05) is 0 Å². The topological polar surface area (TPSA) is 86.5 Å². The van der Waals surface area contributed by atoms with Crippen LogP contribution < -0.4 is 10.1 Å². The van der Waals surface area contributed by atoms with Crippen molar-refractivity contribution in [1.29, 1.82) is 0 Å². The summed E-state index contributed by atoms with van der Waals surface area (Å²) in [6.45, 7) is 6.32. The predicted molar refractivity (Wildman–Crippen MR) is 71.6 cm³/mol. The van der Waals surface area contributed by atoms with Gasteiger partial charge in [0.25, 0.3) is 5.88 Å². The molecule has 0 aromatic carbocycles. The van der Waals surface area contributed by atoms with Crippen LogP contribution in [0.5, 0.6) is 5.88 Å². The quantitative estimate of drug-likeness (QED) is 0.484. The third kappa shape index (κ3) is 5.09. The average molecular weight is 269 g/mol. The third-order valence-electron chi connectivity index (χ3n) is 2.15. The highest BCUT2D eigenvalue weighted by molar-refractivity contribution is 5.48. The monoisotopic (exact) mass is 269 g/mol. The van der Waals surface area contributed by atoms with Crippen molar-refractivity contribution in [2.75, 3.05) is 25.6 Å². The molecule has 0 saturated heterocycles. The van der Waals surface area contributed by atoms with Gasteiger partial charge >= 0.3 is 5.69 Å². The van der Waals surface area contributed by atoms with Crippen molar-refractivity contribution in [3.05, 3.63) is 22.2 Å². The van der Waals surface area contributed by atoms with E-state index in [1.54, 1.807) is 7.05 Å². The minimum Gasteiger partial charge on any atom is -0.470 e. The Balaban J connectivity index is 2.67. The normalized spacial score (nSPS) is 11.2. The zero-order valence-electron chi connectivity index (χ0n) is 11.6. The van der Waals surface area contributed by atoms with E-state index >= 15 is 0 Å². The second-order valence-corrected chi connectivity index (χ2v) is 4.84. The second-order valence-electron chi connectivity index (χ2n) is 4.84. The van der Waals surface area contributed by atoms with Crippen LogP contribution in [0.1, 0.15) is 20.8 Å². The highest BCUT2D eigenvalue weighted by Crippen LogP contribution is 2.26. The maximum absolute atomic E-state index is 10.8. The molecule has 1 heterocycles. The minimum absolute atomic E-state index is 0.00522. The van der Waals surface area contributed by atoms with Crippen molar-refractivity contribution < 1.29 is 14.4 Å². The van der Waals surface area contributed by atoms with E-state index in [0.29, 0.717) is 12.4 Å². The zero-order chi connectivity index (χ0) is 14.5. The molecule has 0 aliphatic heterocycles. The number of pyridine rings is 1. The van der Waals surface area contributed by atoms with E-state index in [0.717, 1.165) is 0 Å². The maximum Gasteiger partial charge on any atom is 0.331 e. The second kappa shape index (κ2) is 6.33. The van der Waals surface area contributed by atoms with Crippen LogP contribution in [-0.4, -0.2) is 35.8 Å². The Morgan fingerprint density at radius 1 is 1.37 bits per heavy atom. The minimum atomic E-state index is -0.521. The fourth-order valence-electron chi connectivity index (χ4n) is 1.30. The van der Waals surface area contributed by atoms with Gasteiger partial charge in [-0.15, -0.1) is 0 Å². The Morgan fingerprint density at radius 3 is 2.58 bits per heavy atom. The summed E-state index contributed by atoms with van der Waals surface area (Å²) in [5.41, 5.74) is -0.426. The van der Waals surface area contributed by atoms with E-state index in [1.807, 2.05) is 20.8 Å². The van der Waals surface area contributed by atoms with Crippen LogP contribution in [-0.2, 0) is 4.74 Å². The highest BCUT2D eigenvalue weighted by atomic mass is 16.6. The number of hydrogen-bond acceptors (Lipinski definition) is 6. The lowest BCUT2D eigenvalue weighted by molar-refractivity contribution is -0.386. The molecular weight excluding hydrogens is 250 g/mol. The predicted octanol–water partition coefficient (Wildman–Crippen LogP) is 2.23. The van der Waals surface area contributed by atoms with Crippen molar-refractivity contribution in [2.24, 2.45) is 0 Å². The van der Waals surface area contributed by atoms with Gasteiger partial charge in [-0.25, -0.2) is 0 Å². The van der Waals surface area contributed by atoms with E-state index in [9.17, 15) is 10.1 Å². The van der Waals surface area contributed by atoms with Crippen LogP contribution in [0.3, 0.4) is 0 Å². The molecule has 0 amide bonds. The maximum atomic E-state index is 10.8. The molecule has 0 spiro atoms. The molecule has 7 heteroatoms. The lowest BCUT2D eigenvalue weighted by Gasteiger charge is -2.19. The van der Waals surface area contributed by atoms with Crippen LogP contribution in [0.2, 0.25) is 0 Å². The Morgan fingerprint density at radius 2 is 2.05 bits per heavy atom. The van der Waals surface area contributed by atoms with Crippen LogP contribution in [0, 0.1) is 10.1 Å². The van der Waals surface area contributed by atoms with Gasteiger partial charge in [0.15, 0.2) is 0 Å². The van der Waals surface area contributed by atoms with Crippen molar-refractivity contribution in [2.45, 2.75) is 26.4 Å². The lowest BCUT2D eigenvalue weighted by atomic mass is 10.2. The smallest absolute Gasteiger partial charge is 0.331 e. The van der Waals surface area contributed by atoms with Crippen molar-refractivity contribution in [3.63, 3.8) is 0 Å². The highest BCUT2D eigenvalue weighted by Gasteiger charge is 2.18. The summed E-state index contributed by atoms with van der Waals surface area (Å²) in [6.07, 6.45) is 0. The van der Waals surface area contributed by atoms with Crippen molar-refractivity contribution >= 4 is 11.5 Å². The number of anilines is 1. The first-order valence-electron chi connectivity index (χ1n) is 5.93. The van der Waals surface area contributed by atoms with Gasteiger partial charge in [0.05, 0.1) is 17.1 Å².